The first kappa shape index (κ1) is 34.4. The van der Waals surface area contributed by atoms with E-state index in [-0.39, 0.29) is 35.2 Å². The van der Waals surface area contributed by atoms with Gasteiger partial charge in [-0.25, -0.2) is 8.42 Å². The van der Waals surface area contributed by atoms with Crippen LogP contribution in [0.1, 0.15) is 76.0 Å². The number of aryl methyl sites for hydroxylation is 1. The summed E-state index contributed by atoms with van der Waals surface area (Å²) >= 11 is 0. The van der Waals surface area contributed by atoms with Gasteiger partial charge in [-0.2, -0.15) is 0 Å². The fraction of sp³-hybridized carbons (Fsp3) is 0.314. The van der Waals surface area contributed by atoms with Gasteiger partial charge in [0, 0.05) is 23.7 Å². The van der Waals surface area contributed by atoms with E-state index in [0.717, 1.165) is 16.7 Å². The van der Waals surface area contributed by atoms with Gasteiger partial charge in [-0.1, -0.05) is 60.2 Å². The highest BCUT2D eigenvalue weighted by atomic mass is 32.2. The summed E-state index contributed by atoms with van der Waals surface area (Å²) in [7, 11) is -3.71. The molecule has 0 bridgehead atoms. The molecule has 2 amide bonds. The van der Waals surface area contributed by atoms with Gasteiger partial charge in [0.2, 0.25) is 10.0 Å². The quantitative estimate of drug-likeness (QED) is 0.123. The van der Waals surface area contributed by atoms with Crippen molar-refractivity contribution < 1.29 is 27.5 Å². The molecule has 0 saturated carbocycles. The number of carbonyl (C=O) groups is 2. The second-order valence-electron chi connectivity index (χ2n) is 11.4. The number of hydrogen-bond donors (Lipinski definition) is 5. The Balaban J connectivity index is 1.57. The maximum absolute atomic E-state index is 13.7. The van der Waals surface area contributed by atoms with E-state index < -0.39 is 40.0 Å². The predicted octanol–water partition coefficient (Wildman–Crippen LogP) is 4.89. The van der Waals surface area contributed by atoms with Crippen molar-refractivity contribution in [3.63, 3.8) is 0 Å². The molecule has 3 aromatic carbocycles. The van der Waals surface area contributed by atoms with E-state index in [1.54, 1.807) is 19.1 Å². The number of aliphatic hydroxyl groups excluding tert-OH is 1. The van der Waals surface area contributed by atoms with Crippen LogP contribution in [0.2, 0.25) is 0 Å². The van der Waals surface area contributed by atoms with Crippen molar-refractivity contribution in [3.05, 3.63) is 125 Å². The van der Waals surface area contributed by atoms with E-state index in [1.165, 1.54) is 31.4 Å². The van der Waals surface area contributed by atoms with Gasteiger partial charge in [-0.3, -0.25) is 14.3 Å². The number of furan rings is 1. The van der Waals surface area contributed by atoms with E-state index in [9.17, 15) is 23.1 Å². The molecule has 0 spiro atoms. The van der Waals surface area contributed by atoms with Crippen LogP contribution in [-0.4, -0.2) is 49.8 Å². The summed E-state index contributed by atoms with van der Waals surface area (Å²) in [6.07, 6.45) is 0.861. The highest BCUT2D eigenvalue weighted by Crippen LogP contribution is 2.20. The van der Waals surface area contributed by atoms with Crippen LogP contribution in [0.3, 0.4) is 0 Å². The molecule has 244 valence electrons. The Bertz CT molecular complexity index is 1690. The lowest BCUT2D eigenvalue weighted by Gasteiger charge is -2.26. The Morgan fingerprint density at radius 1 is 0.848 bits per heavy atom. The van der Waals surface area contributed by atoms with E-state index >= 15 is 0 Å². The molecule has 10 nitrogen and oxygen atoms in total. The van der Waals surface area contributed by atoms with Crippen LogP contribution in [0.15, 0.2) is 95.6 Å². The number of sulfonamides is 1. The summed E-state index contributed by atoms with van der Waals surface area (Å²) in [4.78, 5) is 27.0. The van der Waals surface area contributed by atoms with Crippen LogP contribution in [0.5, 0.6) is 0 Å². The monoisotopic (exact) mass is 646 g/mol. The summed E-state index contributed by atoms with van der Waals surface area (Å²) in [5.41, 5.74) is 3.33. The predicted molar refractivity (Wildman–Crippen MR) is 179 cm³/mol. The van der Waals surface area contributed by atoms with E-state index in [2.05, 4.69) is 20.7 Å². The minimum Gasteiger partial charge on any atom is -0.467 e. The van der Waals surface area contributed by atoms with Crippen LogP contribution in [0.4, 0.5) is 5.69 Å². The Kier molecular flexibility index (Phi) is 11.8. The highest BCUT2D eigenvalue weighted by Gasteiger charge is 2.25. The number of carbonyl (C=O) groups excluding carboxylic acids is 2. The lowest BCUT2D eigenvalue weighted by Crippen LogP contribution is -2.49. The standard InChI is InChI=1S/C35H42N4O6S/c1-5-46(43,44)39-30-20-28(34(41)37-25(4)33-12-9-17-45-33)19-29(21-30)35(42)38-31(18-26-10-7-6-8-11-26)32(40)22-36-24(3)27-15-13-23(2)14-16-27/h6-17,19-21,24-25,31-32,36,39-40H,5,18,22H2,1-4H3,(H,37,41)(H,38,42)/t24-,25?,31+,32-/m1/s1. The number of benzene rings is 3. The van der Waals surface area contributed by atoms with E-state index in [4.69, 9.17) is 4.42 Å². The van der Waals surface area contributed by atoms with Crippen LogP contribution in [0, 0.1) is 6.92 Å². The Hall–Kier alpha value is -4.45. The fourth-order valence-electron chi connectivity index (χ4n) is 4.90. The maximum atomic E-state index is 13.7. The van der Waals surface area contributed by atoms with Gasteiger partial charge in [-0.05, 0) is 75.6 Å². The highest BCUT2D eigenvalue weighted by molar-refractivity contribution is 7.92. The third-order valence-corrected chi connectivity index (χ3v) is 9.03. The second kappa shape index (κ2) is 15.7. The molecule has 11 heteroatoms. The van der Waals surface area contributed by atoms with Gasteiger partial charge in [0.05, 0.1) is 35.9 Å². The zero-order valence-corrected chi connectivity index (χ0v) is 27.3. The van der Waals surface area contributed by atoms with Crippen LogP contribution in [0.25, 0.3) is 0 Å². The second-order valence-corrected chi connectivity index (χ2v) is 13.4. The summed E-state index contributed by atoms with van der Waals surface area (Å²) in [5, 5.41) is 20.4. The number of anilines is 1. The van der Waals surface area contributed by atoms with Crippen molar-refractivity contribution >= 4 is 27.5 Å². The third-order valence-electron chi connectivity index (χ3n) is 7.72. The van der Waals surface area contributed by atoms with Crippen molar-refractivity contribution in [3.8, 4) is 0 Å². The first-order valence-corrected chi connectivity index (χ1v) is 16.9. The minimum absolute atomic E-state index is 0.0452. The van der Waals surface area contributed by atoms with Crippen molar-refractivity contribution in [1.82, 2.24) is 16.0 Å². The SMILES string of the molecule is CCS(=O)(=O)Nc1cc(C(=O)NC(C)c2ccco2)cc(C(=O)N[C@@H](Cc2ccccc2)[C@H](O)CN[C@H](C)c2ccc(C)cc2)c1. The number of nitrogens with one attached hydrogen (secondary N) is 4. The normalized spacial score (nSPS) is 14.1. The summed E-state index contributed by atoms with van der Waals surface area (Å²) in [5.74, 6) is -0.750. The molecule has 1 unspecified atom stereocenters. The number of amides is 2. The average Bonchev–Trinajstić information content (AvgIpc) is 3.59. The number of rotatable bonds is 15. The molecule has 1 aromatic heterocycles. The van der Waals surface area contributed by atoms with Gasteiger partial charge >= 0.3 is 0 Å². The van der Waals surface area contributed by atoms with Crippen molar-refractivity contribution in [2.45, 2.75) is 58.3 Å². The van der Waals surface area contributed by atoms with Gasteiger partial charge in [0.1, 0.15) is 5.76 Å². The Morgan fingerprint density at radius 3 is 2.11 bits per heavy atom. The van der Waals surface area contributed by atoms with Gasteiger partial charge < -0.3 is 25.5 Å². The fourth-order valence-corrected chi connectivity index (χ4v) is 5.53. The van der Waals surface area contributed by atoms with Crippen molar-refractivity contribution in [2.75, 3.05) is 17.0 Å². The smallest absolute Gasteiger partial charge is 0.251 e. The molecule has 4 rings (SSSR count). The Morgan fingerprint density at radius 2 is 1.50 bits per heavy atom. The summed E-state index contributed by atoms with van der Waals surface area (Å²) in [6.45, 7) is 7.46. The van der Waals surface area contributed by atoms with Crippen molar-refractivity contribution in [1.29, 1.82) is 0 Å². The van der Waals surface area contributed by atoms with Crippen LogP contribution >= 0.6 is 0 Å². The first-order valence-electron chi connectivity index (χ1n) is 15.3. The molecular weight excluding hydrogens is 604 g/mol. The minimum atomic E-state index is -3.71. The molecule has 4 aromatic rings. The van der Waals surface area contributed by atoms with Gasteiger partial charge in [0.15, 0.2) is 0 Å². The molecule has 0 saturated heterocycles. The molecule has 1 heterocycles. The number of hydrogen-bond acceptors (Lipinski definition) is 7. The molecule has 5 N–H and O–H groups in total. The van der Waals surface area contributed by atoms with Crippen LogP contribution in [-0.2, 0) is 16.4 Å². The molecule has 0 aliphatic rings. The van der Waals surface area contributed by atoms with E-state index in [1.807, 2.05) is 68.4 Å². The summed E-state index contributed by atoms with van der Waals surface area (Å²) < 4.78 is 32.7. The topological polar surface area (TPSA) is 150 Å². The Labute approximate surface area is 270 Å². The first-order chi connectivity index (χ1) is 21.9. The van der Waals surface area contributed by atoms with Crippen LogP contribution < -0.4 is 20.7 Å². The zero-order chi connectivity index (χ0) is 33.3. The molecule has 4 atom stereocenters. The lowest BCUT2D eigenvalue weighted by molar-refractivity contribution is 0.0825. The largest absolute Gasteiger partial charge is 0.467 e. The number of aliphatic hydroxyl groups is 1. The molecule has 46 heavy (non-hydrogen) atoms. The van der Waals surface area contributed by atoms with E-state index in [0.29, 0.717) is 12.2 Å². The molecule has 0 radical (unpaired) electrons. The molecule has 0 aliphatic carbocycles. The lowest BCUT2D eigenvalue weighted by atomic mass is 9.99. The average molecular weight is 647 g/mol. The van der Waals surface area contributed by atoms with Crippen molar-refractivity contribution in [2.24, 2.45) is 0 Å². The third kappa shape index (κ3) is 9.77. The summed E-state index contributed by atoms with van der Waals surface area (Å²) in [6, 6.07) is 24.0. The van der Waals surface area contributed by atoms with Gasteiger partial charge in [-0.15, -0.1) is 0 Å². The zero-order valence-electron chi connectivity index (χ0n) is 26.5. The molecular formula is C35H42N4O6S. The molecule has 0 fully saturated rings. The van der Waals surface area contributed by atoms with Gasteiger partial charge in [0.25, 0.3) is 11.8 Å². The maximum Gasteiger partial charge on any atom is 0.251 e. The molecule has 0 aliphatic heterocycles.